The molecule has 0 aliphatic carbocycles. The van der Waals surface area contributed by atoms with Crippen LogP contribution >= 0.6 is 0 Å². The molecule has 9 nitrogen and oxygen atoms in total. The molecule has 5 rings (SSSR count). The number of aryl methyl sites for hydroxylation is 1. The van der Waals surface area contributed by atoms with Crippen LogP contribution < -0.4 is 9.64 Å². The maximum Gasteiger partial charge on any atom is 0.231 e. The van der Waals surface area contributed by atoms with E-state index in [0.717, 1.165) is 33.5 Å². The van der Waals surface area contributed by atoms with E-state index in [1.54, 1.807) is 55.2 Å². The second-order valence-corrected chi connectivity index (χ2v) is 9.82. The van der Waals surface area contributed by atoms with E-state index in [9.17, 15) is 9.90 Å². The average molecular weight is 500 g/mol. The number of nitrogens with zero attached hydrogens (tertiary/aromatic N) is 5. The third kappa shape index (κ3) is 5.46. The van der Waals surface area contributed by atoms with Gasteiger partial charge in [0, 0.05) is 29.6 Å². The molecule has 0 bridgehead atoms. The van der Waals surface area contributed by atoms with Crippen LogP contribution in [-0.2, 0) is 17.9 Å². The Hall–Kier alpha value is -4.24. The van der Waals surface area contributed by atoms with Gasteiger partial charge in [-0.15, -0.1) is 0 Å². The first kappa shape index (κ1) is 24.5. The quantitative estimate of drug-likeness (QED) is 0.399. The smallest absolute Gasteiger partial charge is 0.231 e. The average Bonchev–Trinajstić information content (AvgIpc) is 3.47. The van der Waals surface area contributed by atoms with Crippen LogP contribution in [0.3, 0.4) is 0 Å². The zero-order chi connectivity index (χ0) is 26.2. The van der Waals surface area contributed by atoms with Crippen LogP contribution in [0.25, 0.3) is 22.8 Å². The molecule has 0 saturated heterocycles. The Morgan fingerprint density at radius 2 is 1.95 bits per heavy atom. The number of anilines is 1. The minimum Gasteiger partial charge on any atom is -0.481 e. The predicted octanol–water partition coefficient (Wildman–Crippen LogP) is 4.50. The first-order valence-electron chi connectivity index (χ1n) is 12.0. The van der Waals surface area contributed by atoms with Crippen LogP contribution in [0.2, 0.25) is 0 Å². The lowest BCUT2D eigenvalue weighted by molar-refractivity contribution is -0.117. The van der Waals surface area contributed by atoms with Crippen molar-refractivity contribution in [2.24, 2.45) is 0 Å². The molecule has 4 aromatic rings. The van der Waals surface area contributed by atoms with Gasteiger partial charge in [0.05, 0.1) is 50.3 Å². The van der Waals surface area contributed by atoms with Gasteiger partial charge in [-0.2, -0.15) is 5.10 Å². The van der Waals surface area contributed by atoms with Crippen LogP contribution in [0.5, 0.6) is 5.88 Å². The Balaban J connectivity index is 1.55. The number of aromatic nitrogens is 4. The molecule has 1 aliphatic rings. The highest BCUT2D eigenvalue weighted by molar-refractivity contribution is 6.06. The number of benzene rings is 1. The van der Waals surface area contributed by atoms with E-state index in [1.807, 2.05) is 43.5 Å². The number of rotatable bonds is 7. The van der Waals surface area contributed by atoms with Crippen molar-refractivity contribution in [3.8, 4) is 17.0 Å². The highest BCUT2D eigenvalue weighted by atomic mass is 16.5. The summed E-state index contributed by atoms with van der Waals surface area (Å²) < 4.78 is 12.6. The van der Waals surface area contributed by atoms with Gasteiger partial charge in [-0.25, -0.2) is 9.97 Å². The largest absolute Gasteiger partial charge is 0.481 e. The maximum atomic E-state index is 13.6. The van der Waals surface area contributed by atoms with E-state index in [4.69, 9.17) is 9.15 Å². The van der Waals surface area contributed by atoms with Gasteiger partial charge in [-0.1, -0.05) is 18.2 Å². The summed E-state index contributed by atoms with van der Waals surface area (Å²) in [6.45, 7) is 6.03. The molecule has 0 fully saturated rings. The van der Waals surface area contributed by atoms with Gasteiger partial charge in [0.2, 0.25) is 17.7 Å². The third-order valence-corrected chi connectivity index (χ3v) is 6.05. The van der Waals surface area contributed by atoms with Crippen molar-refractivity contribution in [1.82, 2.24) is 19.7 Å². The number of amides is 1. The summed E-state index contributed by atoms with van der Waals surface area (Å²) in [5.41, 5.74) is 4.17. The van der Waals surface area contributed by atoms with Crippen LogP contribution in [-0.4, -0.2) is 43.5 Å². The highest BCUT2D eigenvalue weighted by Gasteiger charge is 2.26. The van der Waals surface area contributed by atoms with Gasteiger partial charge in [0.25, 0.3) is 0 Å². The summed E-state index contributed by atoms with van der Waals surface area (Å²) in [5, 5.41) is 14.6. The maximum absolute atomic E-state index is 13.6. The number of carbonyl (C=O) groups excluding carboxylic acids is 1. The first-order valence-corrected chi connectivity index (χ1v) is 12.0. The normalized spacial score (nSPS) is 13.8. The van der Waals surface area contributed by atoms with Crippen molar-refractivity contribution < 1.29 is 19.1 Å². The summed E-state index contributed by atoms with van der Waals surface area (Å²) in [6, 6.07) is 9.68. The Labute approximate surface area is 215 Å². The van der Waals surface area contributed by atoms with E-state index < -0.39 is 5.60 Å². The molecule has 1 amide bonds. The minimum absolute atomic E-state index is 0.0773. The molecule has 9 heteroatoms. The van der Waals surface area contributed by atoms with Crippen molar-refractivity contribution in [3.05, 3.63) is 77.9 Å². The van der Waals surface area contributed by atoms with Crippen molar-refractivity contribution in [1.29, 1.82) is 0 Å². The number of hydrogen-bond donors (Lipinski definition) is 1. The molecule has 0 radical (unpaired) electrons. The van der Waals surface area contributed by atoms with Gasteiger partial charge in [-0.3, -0.25) is 9.48 Å². The molecule has 0 spiro atoms. The van der Waals surface area contributed by atoms with Crippen molar-refractivity contribution in [2.45, 2.75) is 45.9 Å². The number of hydrogen-bond acceptors (Lipinski definition) is 7. The SMILES string of the molecule is COc1ccc(CN2C(=O)CC(c3ncc(C)o3)=Cc3ccc(-c4cnn(CC(C)(C)O)c4)cc32)cn1. The molecular weight excluding hydrogens is 470 g/mol. The van der Waals surface area contributed by atoms with Crippen LogP contribution in [0.4, 0.5) is 5.69 Å². The Kier molecular flexibility index (Phi) is 6.39. The van der Waals surface area contributed by atoms with Gasteiger partial charge >= 0.3 is 0 Å². The molecule has 0 atom stereocenters. The van der Waals surface area contributed by atoms with Crippen LogP contribution in [0.15, 0.2) is 59.5 Å². The number of methoxy groups -OCH3 is 1. The molecule has 4 heterocycles. The van der Waals surface area contributed by atoms with Crippen molar-refractivity contribution in [2.75, 3.05) is 12.0 Å². The Morgan fingerprint density at radius 3 is 2.62 bits per heavy atom. The van der Waals surface area contributed by atoms with Gasteiger partial charge in [0.15, 0.2) is 0 Å². The molecule has 0 saturated carbocycles. The summed E-state index contributed by atoms with van der Waals surface area (Å²) in [7, 11) is 1.57. The van der Waals surface area contributed by atoms with E-state index in [-0.39, 0.29) is 12.3 Å². The third-order valence-electron chi connectivity index (χ3n) is 6.05. The van der Waals surface area contributed by atoms with E-state index in [1.165, 1.54) is 0 Å². The fourth-order valence-electron chi connectivity index (χ4n) is 4.33. The Bertz CT molecular complexity index is 1460. The lowest BCUT2D eigenvalue weighted by Gasteiger charge is -2.24. The number of fused-ring (bicyclic) bond motifs is 1. The number of oxazole rings is 1. The molecule has 1 aliphatic heterocycles. The molecule has 190 valence electrons. The standard InChI is InChI=1S/C28H29N5O4/c1-18-12-30-27(37-18)22-9-21-7-6-20(23-14-31-32(16-23)17-28(2,3)35)10-24(21)33(26(34)11-22)15-19-5-8-25(36-4)29-13-19/h5-10,12-14,16,35H,11,15,17H2,1-4H3. The van der Waals surface area contributed by atoms with E-state index in [2.05, 4.69) is 15.1 Å². The molecule has 1 N–H and O–H groups in total. The topological polar surface area (TPSA) is 107 Å². The number of pyridine rings is 1. The molecule has 3 aromatic heterocycles. The molecule has 1 aromatic carbocycles. The molecular formula is C28H29N5O4. The lowest BCUT2D eigenvalue weighted by Crippen LogP contribution is -2.30. The Morgan fingerprint density at radius 1 is 1.11 bits per heavy atom. The van der Waals surface area contributed by atoms with Crippen LogP contribution in [0, 0.1) is 6.92 Å². The second-order valence-electron chi connectivity index (χ2n) is 9.82. The van der Waals surface area contributed by atoms with Crippen LogP contribution in [0.1, 0.15) is 43.0 Å². The summed E-state index contributed by atoms with van der Waals surface area (Å²) in [5.74, 6) is 1.57. The summed E-state index contributed by atoms with van der Waals surface area (Å²) in [4.78, 5) is 24.0. The van der Waals surface area contributed by atoms with E-state index >= 15 is 0 Å². The van der Waals surface area contributed by atoms with Gasteiger partial charge in [0.1, 0.15) is 5.76 Å². The summed E-state index contributed by atoms with van der Waals surface area (Å²) in [6.07, 6.45) is 9.14. The fourth-order valence-corrected chi connectivity index (χ4v) is 4.33. The van der Waals surface area contributed by atoms with Gasteiger partial charge < -0.3 is 19.2 Å². The number of carbonyl (C=O) groups is 1. The molecule has 37 heavy (non-hydrogen) atoms. The van der Waals surface area contributed by atoms with Gasteiger partial charge in [-0.05, 0) is 49.6 Å². The van der Waals surface area contributed by atoms with Crippen molar-refractivity contribution in [3.63, 3.8) is 0 Å². The monoisotopic (exact) mass is 499 g/mol. The van der Waals surface area contributed by atoms with E-state index in [0.29, 0.717) is 30.6 Å². The number of aliphatic hydroxyl groups is 1. The highest BCUT2D eigenvalue weighted by Crippen LogP contribution is 2.36. The predicted molar refractivity (Wildman–Crippen MR) is 140 cm³/mol. The lowest BCUT2D eigenvalue weighted by atomic mass is 10.0. The second kappa shape index (κ2) is 9.67. The first-order chi connectivity index (χ1) is 17.7. The zero-order valence-electron chi connectivity index (χ0n) is 21.3. The number of ether oxygens (including phenoxy) is 1. The summed E-state index contributed by atoms with van der Waals surface area (Å²) >= 11 is 0. The molecule has 0 unspecified atom stereocenters. The fraction of sp³-hybridized carbons (Fsp3) is 0.286. The van der Waals surface area contributed by atoms with Crippen molar-refractivity contribution >= 4 is 23.2 Å². The zero-order valence-corrected chi connectivity index (χ0v) is 21.3. The minimum atomic E-state index is -0.883.